The van der Waals surface area contributed by atoms with Crippen LogP contribution in [0.3, 0.4) is 0 Å². The first-order valence-electron chi connectivity index (χ1n) is 18.4. The number of anilines is 1. The molecule has 2 aromatic heterocycles. The van der Waals surface area contributed by atoms with Gasteiger partial charge in [-0.1, -0.05) is 153 Å². The van der Waals surface area contributed by atoms with E-state index in [1.165, 1.54) is 36.5 Å². The molecule has 0 saturated carbocycles. The van der Waals surface area contributed by atoms with Gasteiger partial charge in [-0.05, 0) is 87.7 Å². The van der Waals surface area contributed by atoms with Crippen molar-refractivity contribution in [3.8, 4) is 11.1 Å². The van der Waals surface area contributed by atoms with Gasteiger partial charge < -0.3 is 9.32 Å². The van der Waals surface area contributed by atoms with Gasteiger partial charge in [0.2, 0.25) is 0 Å². The fourth-order valence-electron chi connectivity index (χ4n) is 7.43. The molecule has 0 bridgehead atoms. The van der Waals surface area contributed by atoms with Crippen LogP contribution in [0.25, 0.3) is 75.7 Å². The van der Waals surface area contributed by atoms with E-state index in [4.69, 9.17) is 4.42 Å². The van der Waals surface area contributed by atoms with Gasteiger partial charge in [-0.25, -0.2) is 0 Å². The summed E-state index contributed by atoms with van der Waals surface area (Å²) in [6.45, 7) is 8.26. The SMILES string of the molecule is C=C/C=C\C(=C\c1ccc2oc3cc4ccccc4cc3c2c1)N(/C=C/C=C(\C=C)c1cccc2c1sc1ccccc12)c1ccccc1-c1ccccc1. The molecule has 0 aliphatic carbocycles. The van der Waals surface area contributed by atoms with Crippen molar-refractivity contribution in [3.05, 3.63) is 224 Å². The number of hydrogen-bond acceptors (Lipinski definition) is 3. The lowest BCUT2D eigenvalue weighted by atomic mass is 10.0. The summed E-state index contributed by atoms with van der Waals surface area (Å²) in [7, 11) is 0. The molecule has 0 amide bonds. The van der Waals surface area contributed by atoms with Crippen LogP contribution in [-0.2, 0) is 0 Å². The zero-order valence-corrected chi connectivity index (χ0v) is 31.0. The van der Waals surface area contributed by atoms with Crippen molar-refractivity contribution in [1.29, 1.82) is 0 Å². The fraction of sp³-hybridized carbons (Fsp3) is 0. The first kappa shape index (κ1) is 33.9. The Labute approximate surface area is 324 Å². The summed E-state index contributed by atoms with van der Waals surface area (Å²) < 4.78 is 8.90. The molecule has 0 unspecified atom stereocenters. The van der Waals surface area contributed by atoms with E-state index in [0.717, 1.165) is 55.6 Å². The third-order valence-electron chi connectivity index (χ3n) is 10.1. The highest BCUT2D eigenvalue weighted by Crippen LogP contribution is 2.39. The molecule has 0 N–H and O–H groups in total. The van der Waals surface area contributed by atoms with Gasteiger partial charge in [0.15, 0.2) is 0 Å². The molecular weight excluding hydrogens is 687 g/mol. The predicted octanol–water partition coefficient (Wildman–Crippen LogP) is 15.1. The number of para-hydroxylation sites is 1. The Morgan fingerprint density at radius 2 is 1.36 bits per heavy atom. The number of rotatable bonds is 10. The van der Waals surface area contributed by atoms with Crippen LogP contribution in [0.5, 0.6) is 0 Å². The molecule has 0 radical (unpaired) electrons. The van der Waals surface area contributed by atoms with E-state index in [1.807, 2.05) is 29.6 Å². The van der Waals surface area contributed by atoms with Gasteiger partial charge >= 0.3 is 0 Å². The van der Waals surface area contributed by atoms with Crippen molar-refractivity contribution in [2.24, 2.45) is 0 Å². The van der Waals surface area contributed by atoms with Crippen molar-refractivity contribution >= 4 is 81.6 Å². The second-order valence-electron chi connectivity index (χ2n) is 13.4. The quantitative estimate of drug-likeness (QED) is 0.131. The first-order valence-corrected chi connectivity index (χ1v) is 19.2. The van der Waals surface area contributed by atoms with Gasteiger partial charge in [0.1, 0.15) is 11.2 Å². The molecule has 262 valence electrons. The Hall–Kier alpha value is -6.94. The van der Waals surface area contributed by atoms with Crippen LogP contribution >= 0.6 is 11.3 Å². The van der Waals surface area contributed by atoms with E-state index in [0.29, 0.717) is 0 Å². The zero-order chi connectivity index (χ0) is 37.1. The van der Waals surface area contributed by atoms with Crippen LogP contribution in [0.2, 0.25) is 0 Å². The van der Waals surface area contributed by atoms with Crippen LogP contribution < -0.4 is 4.90 Å². The van der Waals surface area contributed by atoms with Crippen LogP contribution in [0, 0.1) is 0 Å². The molecule has 0 aliphatic rings. The van der Waals surface area contributed by atoms with Crippen LogP contribution in [0.4, 0.5) is 5.69 Å². The summed E-state index contributed by atoms with van der Waals surface area (Å²) in [5.74, 6) is 0. The van der Waals surface area contributed by atoms with E-state index in [2.05, 4.69) is 200 Å². The fourth-order valence-corrected chi connectivity index (χ4v) is 8.67. The largest absolute Gasteiger partial charge is 0.456 e. The average molecular weight is 724 g/mol. The summed E-state index contributed by atoms with van der Waals surface area (Å²) in [4.78, 5) is 2.25. The van der Waals surface area contributed by atoms with Gasteiger partial charge in [-0.3, -0.25) is 0 Å². The number of allylic oxidation sites excluding steroid dienone is 7. The number of furan rings is 1. The number of hydrogen-bond donors (Lipinski definition) is 0. The van der Waals surface area contributed by atoms with E-state index in [9.17, 15) is 0 Å². The molecule has 2 heterocycles. The van der Waals surface area contributed by atoms with Gasteiger partial charge in [0.25, 0.3) is 0 Å². The van der Waals surface area contributed by atoms with Crippen LogP contribution in [-0.4, -0.2) is 0 Å². The highest BCUT2D eigenvalue weighted by molar-refractivity contribution is 7.26. The van der Waals surface area contributed by atoms with E-state index in [1.54, 1.807) is 0 Å². The lowest BCUT2D eigenvalue weighted by molar-refractivity contribution is 0.669. The molecule has 0 atom stereocenters. The summed E-state index contributed by atoms with van der Waals surface area (Å²) in [6.07, 6.45) is 16.5. The highest BCUT2D eigenvalue weighted by atomic mass is 32.1. The Morgan fingerprint density at radius 3 is 2.22 bits per heavy atom. The average Bonchev–Trinajstić information content (AvgIpc) is 3.80. The Kier molecular flexibility index (Phi) is 9.13. The maximum Gasteiger partial charge on any atom is 0.136 e. The molecule has 0 saturated heterocycles. The number of benzene rings is 7. The number of fused-ring (bicyclic) bond motifs is 7. The minimum atomic E-state index is 0.868. The van der Waals surface area contributed by atoms with Gasteiger partial charge in [0.05, 0.1) is 5.69 Å². The predicted molar refractivity (Wildman–Crippen MR) is 240 cm³/mol. The first-order chi connectivity index (χ1) is 27.2. The molecule has 55 heavy (non-hydrogen) atoms. The van der Waals surface area contributed by atoms with Gasteiger partial charge in [0, 0.05) is 48.4 Å². The number of nitrogens with zero attached hydrogens (tertiary/aromatic N) is 1. The van der Waals surface area contributed by atoms with E-state index < -0.39 is 0 Å². The lowest BCUT2D eigenvalue weighted by Gasteiger charge is -2.25. The minimum Gasteiger partial charge on any atom is -0.456 e. The summed E-state index contributed by atoms with van der Waals surface area (Å²) in [5, 5.41) is 7.10. The molecule has 9 rings (SSSR count). The molecule has 7 aromatic carbocycles. The van der Waals surface area contributed by atoms with Crippen molar-refractivity contribution in [1.82, 2.24) is 0 Å². The van der Waals surface area contributed by atoms with Crippen molar-refractivity contribution < 1.29 is 4.42 Å². The number of thiophene rings is 1. The lowest BCUT2D eigenvalue weighted by Crippen LogP contribution is -2.15. The maximum atomic E-state index is 6.35. The molecule has 0 spiro atoms. The second kappa shape index (κ2) is 14.8. The molecule has 3 heteroatoms. The molecule has 9 aromatic rings. The molecule has 2 nitrogen and oxygen atoms in total. The van der Waals surface area contributed by atoms with E-state index >= 15 is 0 Å². The Bertz CT molecular complexity index is 3020. The molecule has 0 fully saturated rings. The molecule has 0 aliphatic heterocycles. The zero-order valence-electron chi connectivity index (χ0n) is 30.2. The van der Waals surface area contributed by atoms with Gasteiger partial charge in [-0.15, -0.1) is 11.3 Å². The summed E-state index contributed by atoms with van der Waals surface area (Å²) >= 11 is 1.83. The third kappa shape index (κ3) is 6.52. The standard InChI is InChI=1S/C52H37NOS/c1-3-5-22-41(32-36-29-30-49-46(33-36)47-34-39-19-9-10-20-40(39)35-50(47)54-49)53(48-27-13-11-23-42(48)38-17-7-6-8-18-38)31-16-21-37(4-2)43-25-15-26-45-44-24-12-14-28-51(44)55-52(43)45/h3-35H,1-2H2/b22-5-,31-16+,37-21+,41-32-. The highest BCUT2D eigenvalue weighted by Gasteiger charge is 2.15. The van der Waals surface area contributed by atoms with Crippen molar-refractivity contribution in [3.63, 3.8) is 0 Å². The summed E-state index contributed by atoms with van der Waals surface area (Å²) in [6, 6.07) is 53.5. The normalized spacial score (nSPS) is 12.6. The monoisotopic (exact) mass is 723 g/mol. The smallest absolute Gasteiger partial charge is 0.136 e. The summed E-state index contributed by atoms with van der Waals surface area (Å²) in [5.41, 5.74) is 9.32. The van der Waals surface area contributed by atoms with Crippen molar-refractivity contribution in [2.45, 2.75) is 0 Å². The molecular formula is C52H37NOS. The maximum absolute atomic E-state index is 6.35. The van der Waals surface area contributed by atoms with Crippen LogP contribution in [0.15, 0.2) is 218 Å². The Balaban J connectivity index is 1.19. The van der Waals surface area contributed by atoms with Crippen molar-refractivity contribution in [2.75, 3.05) is 4.90 Å². The van der Waals surface area contributed by atoms with Crippen LogP contribution in [0.1, 0.15) is 11.1 Å². The minimum absolute atomic E-state index is 0.868. The van der Waals surface area contributed by atoms with E-state index in [-0.39, 0.29) is 0 Å². The topological polar surface area (TPSA) is 16.4 Å². The Morgan fingerprint density at radius 1 is 0.618 bits per heavy atom. The van der Waals surface area contributed by atoms with Gasteiger partial charge in [-0.2, -0.15) is 0 Å². The second-order valence-corrected chi connectivity index (χ2v) is 14.5. The third-order valence-corrected chi connectivity index (χ3v) is 11.3.